The maximum Gasteiger partial charge on any atom is 0.338 e. The van der Waals surface area contributed by atoms with Gasteiger partial charge in [0.25, 0.3) is 5.56 Å². The Bertz CT molecular complexity index is 1500. The van der Waals surface area contributed by atoms with Crippen molar-refractivity contribution in [3.05, 3.63) is 83.0 Å². The number of aromatic hydroxyl groups is 1. The lowest BCUT2D eigenvalue weighted by Gasteiger charge is -2.24. The molecule has 2 aromatic carbocycles. The van der Waals surface area contributed by atoms with Gasteiger partial charge in [-0.2, -0.15) is 0 Å². The monoisotopic (exact) mass is 558 g/mol. The Morgan fingerprint density at radius 2 is 1.94 bits per heavy atom. The molecule has 1 atom stereocenters. The Kier molecular flexibility index (Phi) is 7.13. The molecule has 10 heteroatoms. The fourth-order valence-corrected chi connectivity index (χ4v) is 5.39. The molecule has 1 aliphatic heterocycles. The number of fused-ring (bicyclic) bond motifs is 1. The van der Waals surface area contributed by atoms with E-state index in [-0.39, 0.29) is 23.7 Å². The SMILES string of the molecule is CCOC(=O)C1=C(C)N=c2s/c(=C/c3cc(Br)cc(OC)c3O)c(=O)n2[C@H]1c1ccc(OC)cc1. The molecule has 4 rings (SSSR count). The number of hydrogen-bond acceptors (Lipinski definition) is 8. The van der Waals surface area contributed by atoms with Crippen LogP contribution in [0.2, 0.25) is 0 Å². The van der Waals surface area contributed by atoms with E-state index in [1.54, 1.807) is 51.3 Å². The summed E-state index contributed by atoms with van der Waals surface area (Å²) in [5.74, 6) is 0.309. The highest BCUT2D eigenvalue weighted by molar-refractivity contribution is 9.10. The summed E-state index contributed by atoms with van der Waals surface area (Å²) in [5.41, 5.74) is 1.54. The van der Waals surface area contributed by atoms with Crippen molar-refractivity contribution in [1.82, 2.24) is 4.57 Å². The fraction of sp³-hybridized carbons (Fsp3) is 0.240. The van der Waals surface area contributed by atoms with Crippen molar-refractivity contribution in [3.8, 4) is 17.2 Å². The molecule has 2 heterocycles. The van der Waals surface area contributed by atoms with Crippen LogP contribution in [-0.2, 0) is 9.53 Å². The van der Waals surface area contributed by atoms with Gasteiger partial charge in [0, 0.05) is 10.0 Å². The van der Waals surface area contributed by atoms with Crippen LogP contribution in [0.3, 0.4) is 0 Å². The van der Waals surface area contributed by atoms with Gasteiger partial charge in [0.1, 0.15) is 5.75 Å². The van der Waals surface area contributed by atoms with Crippen molar-refractivity contribution in [2.75, 3.05) is 20.8 Å². The number of aromatic nitrogens is 1. The summed E-state index contributed by atoms with van der Waals surface area (Å²) in [6, 6.07) is 9.75. The van der Waals surface area contributed by atoms with Crippen molar-refractivity contribution >= 4 is 39.3 Å². The molecule has 182 valence electrons. The molecule has 8 nitrogen and oxygen atoms in total. The number of nitrogens with zero attached hydrogens (tertiary/aromatic N) is 2. The lowest BCUT2D eigenvalue weighted by Crippen LogP contribution is -2.39. The third kappa shape index (κ3) is 4.63. The normalized spacial score (nSPS) is 15.5. The van der Waals surface area contributed by atoms with Gasteiger partial charge in [-0.1, -0.05) is 39.4 Å². The predicted molar refractivity (Wildman–Crippen MR) is 136 cm³/mol. The van der Waals surface area contributed by atoms with Crippen LogP contribution < -0.4 is 24.4 Å². The third-order valence-corrected chi connectivity index (χ3v) is 6.97. The summed E-state index contributed by atoms with van der Waals surface area (Å²) in [7, 11) is 3.02. The molecule has 3 aromatic rings. The number of esters is 1. The molecule has 35 heavy (non-hydrogen) atoms. The molecule has 0 aliphatic carbocycles. The first-order chi connectivity index (χ1) is 16.8. The first kappa shape index (κ1) is 24.7. The number of carbonyl (C=O) groups is 1. The van der Waals surface area contributed by atoms with Crippen LogP contribution in [0.15, 0.2) is 61.9 Å². The Labute approximate surface area is 213 Å². The van der Waals surface area contributed by atoms with E-state index in [9.17, 15) is 14.7 Å². The van der Waals surface area contributed by atoms with Crippen LogP contribution in [0.25, 0.3) is 6.08 Å². The van der Waals surface area contributed by atoms with Crippen molar-refractivity contribution < 1.29 is 24.1 Å². The Morgan fingerprint density at radius 1 is 1.23 bits per heavy atom. The van der Waals surface area contributed by atoms with E-state index in [2.05, 4.69) is 20.9 Å². The van der Waals surface area contributed by atoms with E-state index < -0.39 is 12.0 Å². The standard InChI is InChI=1S/C25H23BrN2O6S/c1-5-34-24(31)20-13(2)27-25-28(21(20)14-6-8-17(32-3)9-7-14)23(30)19(35-25)11-15-10-16(26)12-18(33-4)22(15)29/h6-12,21,29H,5H2,1-4H3/b19-11+/t21-/m0/s1. The number of rotatable bonds is 6. The maximum absolute atomic E-state index is 13.7. The molecular weight excluding hydrogens is 536 g/mol. The zero-order valence-electron chi connectivity index (χ0n) is 19.5. The summed E-state index contributed by atoms with van der Waals surface area (Å²) < 4.78 is 18.3. The summed E-state index contributed by atoms with van der Waals surface area (Å²) in [4.78, 5) is 31.6. The zero-order valence-corrected chi connectivity index (χ0v) is 21.9. The van der Waals surface area contributed by atoms with E-state index in [0.717, 1.165) is 0 Å². The highest BCUT2D eigenvalue weighted by Gasteiger charge is 2.33. The molecule has 1 aliphatic rings. The minimum absolute atomic E-state index is 0.0865. The van der Waals surface area contributed by atoms with E-state index in [1.165, 1.54) is 23.0 Å². The number of allylic oxidation sites excluding steroid dienone is 1. The van der Waals surface area contributed by atoms with E-state index in [1.807, 2.05) is 12.1 Å². The number of benzene rings is 2. The second kappa shape index (κ2) is 10.1. The van der Waals surface area contributed by atoms with Gasteiger partial charge in [-0.15, -0.1) is 0 Å². The number of carbonyl (C=O) groups excluding carboxylic acids is 1. The number of ether oxygens (including phenoxy) is 3. The van der Waals surface area contributed by atoms with E-state index >= 15 is 0 Å². The molecule has 0 bridgehead atoms. The fourth-order valence-electron chi connectivity index (χ4n) is 3.89. The van der Waals surface area contributed by atoms with Gasteiger partial charge in [0.2, 0.25) is 0 Å². The summed E-state index contributed by atoms with van der Waals surface area (Å²) in [5, 5.41) is 10.6. The summed E-state index contributed by atoms with van der Waals surface area (Å²) in [6.45, 7) is 3.65. The smallest absolute Gasteiger partial charge is 0.338 e. The first-order valence-corrected chi connectivity index (χ1v) is 12.3. The highest BCUT2D eigenvalue weighted by Crippen LogP contribution is 2.34. The highest BCUT2D eigenvalue weighted by atomic mass is 79.9. The summed E-state index contributed by atoms with van der Waals surface area (Å²) >= 11 is 4.57. The van der Waals surface area contributed by atoms with Crippen LogP contribution in [0.1, 0.15) is 31.0 Å². The first-order valence-electron chi connectivity index (χ1n) is 10.7. The van der Waals surface area contributed by atoms with Gasteiger partial charge in [-0.05, 0) is 49.8 Å². The van der Waals surface area contributed by atoms with Crippen molar-refractivity contribution in [2.24, 2.45) is 4.99 Å². The summed E-state index contributed by atoms with van der Waals surface area (Å²) in [6.07, 6.45) is 1.58. The molecule has 0 spiro atoms. The Balaban J connectivity index is 1.96. The molecule has 0 radical (unpaired) electrons. The van der Waals surface area contributed by atoms with Crippen LogP contribution in [-0.4, -0.2) is 36.5 Å². The number of phenols is 1. The van der Waals surface area contributed by atoms with Gasteiger partial charge >= 0.3 is 5.97 Å². The van der Waals surface area contributed by atoms with E-state index in [4.69, 9.17) is 14.2 Å². The van der Waals surface area contributed by atoms with Gasteiger partial charge in [-0.25, -0.2) is 9.79 Å². The van der Waals surface area contributed by atoms with Gasteiger partial charge in [-0.3, -0.25) is 9.36 Å². The number of methoxy groups -OCH3 is 2. The van der Waals surface area contributed by atoms with Crippen LogP contribution >= 0.6 is 27.3 Å². The van der Waals surface area contributed by atoms with Crippen molar-refractivity contribution in [2.45, 2.75) is 19.9 Å². The lowest BCUT2D eigenvalue weighted by molar-refractivity contribution is -0.139. The van der Waals surface area contributed by atoms with Crippen LogP contribution in [0, 0.1) is 0 Å². The topological polar surface area (TPSA) is 99.4 Å². The number of thiazole rings is 1. The number of halogens is 1. The predicted octanol–water partition coefficient (Wildman–Crippen LogP) is 3.28. The average molecular weight is 559 g/mol. The zero-order chi connectivity index (χ0) is 25.3. The molecule has 0 fully saturated rings. The van der Waals surface area contributed by atoms with Crippen molar-refractivity contribution in [3.63, 3.8) is 0 Å². The maximum atomic E-state index is 13.7. The quantitative estimate of drug-likeness (QED) is 0.466. The molecule has 0 saturated heterocycles. The van der Waals surface area contributed by atoms with Gasteiger partial charge in [0.05, 0.1) is 42.7 Å². The minimum atomic E-state index is -0.732. The molecule has 1 aromatic heterocycles. The largest absolute Gasteiger partial charge is 0.504 e. The molecule has 0 amide bonds. The Hall–Kier alpha value is -3.37. The van der Waals surface area contributed by atoms with E-state index in [0.29, 0.717) is 42.0 Å². The molecule has 1 N–H and O–H groups in total. The third-order valence-electron chi connectivity index (χ3n) is 5.52. The molecular formula is C25H23BrN2O6S. The van der Waals surface area contributed by atoms with Gasteiger partial charge in [0.15, 0.2) is 16.3 Å². The van der Waals surface area contributed by atoms with Crippen LogP contribution in [0.5, 0.6) is 17.2 Å². The minimum Gasteiger partial charge on any atom is -0.504 e. The second-order valence-corrected chi connectivity index (χ2v) is 9.55. The van der Waals surface area contributed by atoms with Crippen LogP contribution in [0.4, 0.5) is 0 Å². The van der Waals surface area contributed by atoms with Crippen molar-refractivity contribution in [1.29, 1.82) is 0 Å². The molecule has 0 unspecified atom stereocenters. The number of hydrogen-bond donors (Lipinski definition) is 1. The second-order valence-electron chi connectivity index (χ2n) is 7.62. The lowest BCUT2D eigenvalue weighted by atomic mass is 9.96. The average Bonchev–Trinajstić information content (AvgIpc) is 3.14. The molecule has 0 saturated carbocycles. The van der Waals surface area contributed by atoms with Gasteiger partial charge < -0.3 is 19.3 Å². The Morgan fingerprint density at radius 3 is 2.57 bits per heavy atom. The number of phenolic OH excluding ortho intramolecular Hbond substituents is 1.